The number of rotatable bonds is 4. The first-order valence-corrected chi connectivity index (χ1v) is 7.62. The lowest BCUT2D eigenvalue weighted by Crippen LogP contribution is -2.30. The van der Waals surface area contributed by atoms with E-state index in [2.05, 4.69) is 4.72 Å². The molecule has 0 aliphatic heterocycles. The molecule has 110 valence electrons. The maximum Gasteiger partial charge on any atom is 0.265 e. The number of anilines is 1. The molecular formula is C14H15N3O3S. The second kappa shape index (κ2) is 5.94. The van der Waals surface area contributed by atoms with Crippen LogP contribution in [0.1, 0.15) is 15.9 Å². The van der Waals surface area contributed by atoms with Gasteiger partial charge in [0.2, 0.25) is 0 Å². The Morgan fingerprint density at radius 3 is 2.48 bits per heavy atom. The summed E-state index contributed by atoms with van der Waals surface area (Å²) in [6.45, 7) is 1.72. The second-order valence-corrected chi connectivity index (χ2v) is 6.08. The molecule has 0 radical (unpaired) electrons. The van der Waals surface area contributed by atoms with Crippen molar-refractivity contribution in [1.29, 1.82) is 0 Å². The highest BCUT2D eigenvalue weighted by Gasteiger charge is 2.16. The Kier molecular flexibility index (Phi) is 4.25. The van der Waals surface area contributed by atoms with Crippen LogP contribution in [-0.2, 0) is 10.0 Å². The number of carbonyl (C=O) groups excluding carboxylic acids is 1. The fraction of sp³-hybridized carbons (Fsp3) is 0.0714. The zero-order chi connectivity index (χ0) is 15.5. The Bertz CT molecular complexity index is 773. The van der Waals surface area contributed by atoms with Gasteiger partial charge < -0.3 is 0 Å². The first kappa shape index (κ1) is 15.0. The fourth-order valence-electron chi connectivity index (χ4n) is 1.88. The number of carbonyl (C=O) groups is 1. The Morgan fingerprint density at radius 2 is 1.81 bits per heavy atom. The van der Waals surface area contributed by atoms with Gasteiger partial charge in [0.15, 0.2) is 0 Å². The van der Waals surface area contributed by atoms with Gasteiger partial charge in [0, 0.05) is 11.3 Å². The van der Waals surface area contributed by atoms with Crippen LogP contribution in [0.15, 0.2) is 53.4 Å². The summed E-state index contributed by atoms with van der Waals surface area (Å²) in [4.78, 5) is 11.6. The van der Waals surface area contributed by atoms with Crippen LogP contribution in [-0.4, -0.2) is 14.3 Å². The van der Waals surface area contributed by atoms with Crippen molar-refractivity contribution in [3.63, 3.8) is 0 Å². The molecule has 0 aliphatic rings. The maximum absolute atomic E-state index is 12.3. The third kappa shape index (κ3) is 3.39. The maximum atomic E-state index is 12.3. The normalized spacial score (nSPS) is 11.0. The van der Waals surface area contributed by atoms with Gasteiger partial charge in [-0.3, -0.25) is 14.9 Å². The lowest BCUT2D eigenvalue weighted by Gasteiger charge is -2.11. The molecule has 2 aromatic carbocycles. The molecule has 21 heavy (non-hydrogen) atoms. The van der Waals surface area contributed by atoms with Crippen LogP contribution in [0.25, 0.3) is 0 Å². The third-order valence-electron chi connectivity index (χ3n) is 2.89. The molecule has 0 saturated heterocycles. The van der Waals surface area contributed by atoms with E-state index in [1.165, 1.54) is 18.2 Å². The molecular weight excluding hydrogens is 290 g/mol. The van der Waals surface area contributed by atoms with Crippen LogP contribution in [0.2, 0.25) is 0 Å². The molecule has 0 spiro atoms. The molecule has 4 N–H and O–H groups in total. The number of nitrogens with one attached hydrogen (secondary N) is 2. The van der Waals surface area contributed by atoms with Crippen LogP contribution >= 0.6 is 0 Å². The molecule has 0 fully saturated rings. The van der Waals surface area contributed by atoms with Gasteiger partial charge in [0.1, 0.15) is 0 Å². The number of hydrogen-bond acceptors (Lipinski definition) is 4. The molecule has 2 rings (SSSR count). The molecule has 0 atom stereocenters. The molecule has 2 aromatic rings. The van der Waals surface area contributed by atoms with Crippen LogP contribution < -0.4 is 16.0 Å². The van der Waals surface area contributed by atoms with E-state index in [0.717, 1.165) is 0 Å². The molecule has 0 saturated carbocycles. The Hall–Kier alpha value is -2.38. The van der Waals surface area contributed by atoms with E-state index in [1.807, 2.05) is 5.43 Å². The zero-order valence-electron chi connectivity index (χ0n) is 11.3. The molecule has 0 aliphatic carbocycles. The quantitative estimate of drug-likeness (QED) is 0.451. The van der Waals surface area contributed by atoms with Gasteiger partial charge in [-0.25, -0.2) is 14.3 Å². The molecule has 0 bridgehead atoms. The molecule has 7 heteroatoms. The minimum absolute atomic E-state index is 0.193. The smallest absolute Gasteiger partial charge is 0.265 e. The number of aryl methyl sites for hydroxylation is 1. The largest absolute Gasteiger partial charge is 0.290 e. The van der Waals surface area contributed by atoms with Crippen molar-refractivity contribution in [2.45, 2.75) is 11.8 Å². The highest BCUT2D eigenvalue weighted by Crippen LogP contribution is 2.19. The standard InChI is InChI=1S/C14H15N3O3S/c1-10-5-2-3-8-13(10)21(19,20)17-12-7-4-6-11(9-12)14(18)16-15/h2-9,17H,15H2,1H3,(H,16,18). The predicted molar refractivity (Wildman–Crippen MR) is 80.1 cm³/mol. The number of hydrazine groups is 1. The molecule has 0 unspecified atom stereocenters. The van der Waals surface area contributed by atoms with E-state index < -0.39 is 15.9 Å². The van der Waals surface area contributed by atoms with Gasteiger partial charge in [0.25, 0.3) is 15.9 Å². The summed E-state index contributed by atoms with van der Waals surface area (Å²) < 4.78 is 27.1. The van der Waals surface area contributed by atoms with E-state index in [0.29, 0.717) is 11.3 Å². The van der Waals surface area contributed by atoms with Crippen molar-refractivity contribution >= 4 is 21.6 Å². The van der Waals surface area contributed by atoms with Crippen LogP contribution in [0.5, 0.6) is 0 Å². The van der Waals surface area contributed by atoms with Gasteiger partial charge in [-0.05, 0) is 36.8 Å². The third-order valence-corrected chi connectivity index (χ3v) is 4.43. The number of nitrogens with two attached hydrogens (primary N) is 1. The van der Waals surface area contributed by atoms with Crippen molar-refractivity contribution in [1.82, 2.24) is 5.43 Å². The topological polar surface area (TPSA) is 101 Å². The highest BCUT2D eigenvalue weighted by atomic mass is 32.2. The van der Waals surface area contributed by atoms with E-state index in [4.69, 9.17) is 5.84 Å². The van der Waals surface area contributed by atoms with Gasteiger partial charge in [0.05, 0.1) is 4.90 Å². The van der Waals surface area contributed by atoms with Crippen molar-refractivity contribution in [3.05, 3.63) is 59.7 Å². The summed E-state index contributed by atoms with van der Waals surface area (Å²) in [5.41, 5.74) is 3.19. The van der Waals surface area contributed by atoms with Crippen LogP contribution in [0, 0.1) is 6.92 Å². The summed E-state index contributed by atoms with van der Waals surface area (Å²) in [7, 11) is -3.71. The Labute approximate surface area is 123 Å². The summed E-state index contributed by atoms with van der Waals surface area (Å²) in [5, 5.41) is 0. The van der Waals surface area contributed by atoms with Crippen LogP contribution in [0.4, 0.5) is 5.69 Å². The molecule has 1 amide bonds. The average Bonchev–Trinajstić information content (AvgIpc) is 2.46. The first-order chi connectivity index (χ1) is 9.94. The Balaban J connectivity index is 2.34. The van der Waals surface area contributed by atoms with E-state index in [1.54, 1.807) is 37.3 Å². The summed E-state index contributed by atoms with van der Waals surface area (Å²) in [5.74, 6) is 4.56. The van der Waals surface area contributed by atoms with E-state index in [9.17, 15) is 13.2 Å². The SMILES string of the molecule is Cc1ccccc1S(=O)(=O)Nc1cccc(C(=O)NN)c1. The average molecular weight is 305 g/mol. The van der Waals surface area contributed by atoms with Crippen molar-refractivity contribution < 1.29 is 13.2 Å². The molecule has 0 heterocycles. The first-order valence-electron chi connectivity index (χ1n) is 6.13. The minimum Gasteiger partial charge on any atom is -0.290 e. The van der Waals surface area contributed by atoms with Gasteiger partial charge in [-0.15, -0.1) is 0 Å². The molecule has 6 nitrogen and oxygen atoms in total. The number of amides is 1. The van der Waals surface area contributed by atoms with Gasteiger partial charge >= 0.3 is 0 Å². The summed E-state index contributed by atoms with van der Waals surface area (Å²) >= 11 is 0. The number of sulfonamides is 1. The Morgan fingerprint density at radius 1 is 1.10 bits per heavy atom. The van der Waals surface area contributed by atoms with Crippen molar-refractivity contribution in [2.24, 2.45) is 5.84 Å². The zero-order valence-corrected chi connectivity index (χ0v) is 12.1. The van der Waals surface area contributed by atoms with E-state index in [-0.39, 0.29) is 10.5 Å². The summed E-state index contributed by atoms with van der Waals surface area (Å²) in [6.07, 6.45) is 0. The van der Waals surface area contributed by atoms with Crippen LogP contribution in [0.3, 0.4) is 0 Å². The fourth-order valence-corrected chi connectivity index (χ4v) is 3.17. The molecule has 0 aromatic heterocycles. The van der Waals surface area contributed by atoms with Gasteiger partial charge in [-0.2, -0.15) is 0 Å². The minimum atomic E-state index is -3.71. The number of nitrogen functional groups attached to an aromatic ring is 1. The van der Waals surface area contributed by atoms with Crippen molar-refractivity contribution in [3.8, 4) is 0 Å². The lowest BCUT2D eigenvalue weighted by atomic mass is 10.2. The van der Waals surface area contributed by atoms with Gasteiger partial charge in [-0.1, -0.05) is 24.3 Å². The number of benzene rings is 2. The monoisotopic (exact) mass is 305 g/mol. The number of hydrogen-bond donors (Lipinski definition) is 3. The predicted octanol–water partition coefficient (Wildman–Crippen LogP) is 1.40. The lowest BCUT2D eigenvalue weighted by molar-refractivity contribution is 0.0953. The summed E-state index contributed by atoms with van der Waals surface area (Å²) in [6, 6.07) is 12.7. The van der Waals surface area contributed by atoms with E-state index >= 15 is 0 Å². The highest BCUT2D eigenvalue weighted by molar-refractivity contribution is 7.92. The second-order valence-electron chi connectivity index (χ2n) is 4.43. The van der Waals surface area contributed by atoms with Crippen molar-refractivity contribution in [2.75, 3.05) is 4.72 Å².